The molecular weight excluding hydrogens is 304 g/mol. The van der Waals surface area contributed by atoms with Gasteiger partial charge in [-0.2, -0.15) is 0 Å². The van der Waals surface area contributed by atoms with Crippen molar-refractivity contribution in [2.24, 2.45) is 0 Å². The van der Waals surface area contributed by atoms with Gasteiger partial charge >= 0.3 is 0 Å². The second-order valence-corrected chi connectivity index (χ2v) is 5.55. The molecule has 0 aliphatic heterocycles. The van der Waals surface area contributed by atoms with Gasteiger partial charge in [0.15, 0.2) is 0 Å². The lowest BCUT2D eigenvalue weighted by Gasteiger charge is -2.09. The van der Waals surface area contributed by atoms with Crippen LogP contribution in [0.25, 0.3) is 0 Å². The van der Waals surface area contributed by atoms with Crippen LogP contribution in [0, 0.1) is 13.8 Å². The number of benzene rings is 2. The number of rotatable bonds is 11. The van der Waals surface area contributed by atoms with E-state index in [1.54, 1.807) is 0 Å². The Bertz CT molecular complexity index is 544. The highest BCUT2D eigenvalue weighted by atomic mass is 16.6. The average Bonchev–Trinajstić information content (AvgIpc) is 2.57. The van der Waals surface area contributed by atoms with Crippen LogP contribution in [0.5, 0.6) is 11.5 Å². The smallest absolute Gasteiger partial charge is 0.119 e. The number of ether oxygens (including phenoxy) is 4. The van der Waals surface area contributed by atoms with Crippen molar-refractivity contribution in [3.63, 3.8) is 0 Å². The Morgan fingerprint density at radius 2 is 1.00 bits per heavy atom. The zero-order valence-electron chi connectivity index (χ0n) is 14.5. The van der Waals surface area contributed by atoms with Crippen LogP contribution in [0.15, 0.2) is 48.5 Å². The van der Waals surface area contributed by atoms with Gasteiger partial charge in [0.2, 0.25) is 0 Å². The first-order chi connectivity index (χ1) is 11.7. The van der Waals surface area contributed by atoms with Gasteiger partial charge in [-0.1, -0.05) is 24.3 Å². The Kier molecular flexibility index (Phi) is 8.15. The molecule has 0 aliphatic carbocycles. The maximum absolute atomic E-state index is 5.60. The first kappa shape index (κ1) is 18.3. The van der Waals surface area contributed by atoms with Crippen molar-refractivity contribution in [3.05, 3.63) is 59.7 Å². The van der Waals surface area contributed by atoms with Crippen LogP contribution in [0.2, 0.25) is 0 Å². The SMILES string of the molecule is Cc1cccc(OCCOCCOCCOc2cccc(C)c2)c1. The second-order valence-electron chi connectivity index (χ2n) is 5.55. The van der Waals surface area contributed by atoms with Crippen LogP contribution in [0.1, 0.15) is 11.1 Å². The number of hydrogen-bond acceptors (Lipinski definition) is 4. The lowest BCUT2D eigenvalue weighted by molar-refractivity contribution is 0.0273. The van der Waals surface area contributed by atoms with Gasteiger partial charge in [0.05, 0.1) is 26.4 Å². The maximum Gasteiger partial charge on any atom is 0.119 e. The molecule has 0 N–H and O–H groups in total. The summed E-state index contributed by atoms with van der Waals surface area (Å²) < 4.78 is 22.2. The van der Waals surface area contributed by atoms with Crippen molar-refractivity contribution in [3.8, 4) is 11.5 Å². The number of hydrogen-bond donors (Lipinski definition) is 0. The standard InChI is InChI=1S/C20H26O4/c1-17-5-3-7-19(15-17)23-13-11-21-9-10-22-12-14-24-20-8-4-6-18(2)16-20/h3-8,15-16H,9-14H2,1-2H3. The fourth-order valence-corrected chi connectivity index (χ4v) is 2.17. The molecule has 24 heavy (non-hydrogen) atoms. The van der Waals surface area contributed by atoms with E-state index in [2.05, 4.69) is 0 Å². The summed E-state index contributed by atoms with van der Waals surface area (Å²) in [7, 11) is 0. The molecule has 0 saturated heterocycles. The zero-order chi connectivity index (χ0) is 17.0. The molecule has 0 saturated carbocycles. The Hall–Kier alpha value is -2.04. The molecule has 0 bridgehead atoms. The van der Waals surface area contributed by atoms with Gasteiger partial charge < -0.3 is 18.9 Å². The minimum absolute atomic E-state index is 0.542. The summed E-state index contributed by atoms with van der Waals surface area (Å²) in [4.78, 5) is 0. The third kappa shape index (κ3) is 7.49. The lowest BCUT2D eigenvalue weighted by Crippen LogP contribution is -2.13. The van der Waals surface area contributed by atoms with E-state index in [0.29, 0.717) is 39.6 Å². The van der Waals surface area contributed by atoms with Gasteiger partial charge in [-0.25, -0.2) is 0 Å². The fourth-order valence-electron chi connectivity index (χ4n) is 2.17. The molecule has 0 aromatic heterocycles. The molecule has 2 aromatic carbocycles. The Morgan fingerprint density at radius 1 is 0.583 bits per heavy atom. The quantitative estimate of drug-likeness (QED) is 0.587. The normalized spacial score (nSPS) is 10.6. The van der Waals surface area contributed by atoms with E-state index >= 15 is 0 Å². The zero-order valence-corrected chi connectivity index (χ0v) is 14.5. The van der Waals surface area contributed by atoms with E-state index in [9.17, 15) is 0 Å². The minimum Gasteiger partial charge on any atom is -0.491 e. The van der Waals surface area contributed by atoms with Crippen molar-refractivity contribution in [2.75, 3.05) is 39.6 Å². The summed E-state index contributed by atoms with van der Waals surface area (Å²) in [6.07, 6.45) is 0. The van der Waals surface area contributed by atoms with Gasteiger partial charge in [-0.15, -0.1) is 0 Å². The maximum atomic E-state index is 5.60. The van der Waals surface area contributed by atoms with Crippen LogP contribution >= 0.6 is 0 Å². The molecule has 0 spiro atoms. The Morgan fingerprint density at radius 3 is 1.42 bits per heavy atom. The molecule has 2 rings (SSSR count). The van der Waals surface area contributed by atoms with Crippen LogP contribution in [-0.2, 0) is 9.47 Å². The van der Waals surface area contributed by atoms with Gasteiger partial charge in [0, 0.05) is 0 Å². The molecule has 4 heteroatoms. The van der Waals surface area contributed by atoms with Gasteiger partial charge in [-0.05, 0) is 49.2 Å². The second kappa shape index (κ2) is 10.7. The largest absolute Gasteiger partial charge is 0.491 e. The minimum atomic E-state index is 0.542. The van der Waals surface area contributed by atoms with Gasteiger partial charge in [0.1, 0.15) is 24.7 Å². The van der Waals surface area contributed by atoms with Crippen molar-refractivity contribution in [2.45, 2.75) is 13.8 Å². The molecule has 2 aromatic rings. The first-order valence-electron chi connectivity index (χ1n) is 8.28. The third-order valence-corrected chi connectivity index (χ3v) is 3.34. The summed E-state index contributed by atoms with van der Waals surface area (Å²) in [6, 6.07) is 16.0. The van der Waals surface area contributed by atoms with Gasteiger partial charge in [0.25, 0.3) is 0 Å². The predicted molar refractivity (Wildman–Crippen MR) is 95.0 cm³/mol. The molecule has 4 nitrogen and oxygen atoms in total. The Labute approximate surface area is 144 Å². The molecule has 0 atom stereocenters. The van der Waals surface area contributed by atoms with E-state index in [4.69, 9.17) is 18.9 Å². The van der Waals surface area contributed by atoms with E-state index in [1.165, 1.54) is 11.1 Å². The molecule has 0 aliphatic rings. The summed E-state index contributed by atoms with van der Waals surface area (Å²) >= 11 is 0. The molecule has 0 radical (unpaired) electrons. The van der Waals surface area contributed by atoms with Crippen LogP contribution in [0.3, 0.4) is 0 Å². The Balaban J connectivity index is 1.42. The highest BCUT2D eigenvalue weighted by molar-refractivity contribution is 5.28. The van der Waals surface area contributed by atoms with Crippen molar-refractivity contribution in [1.82, 2.24) is 0 Å². The van der Waals surface area contributed by atoms with E-state index in [-0.39, 0.29) is 0 Å². The number of aryl methyl sites for hydroxylation is 2. The van der Waals surface area contributed by atoms with Gasteiger partial charge in [-0.3, -0.25) is 0 Å². The lowest BCUT2D eigenvalue weighted by atomic mass is 10.2. The highest BCUT2D eigenvalue weighted by Gasteiger charge is 1.96. The highest BCUT2D eigenvalue weighted by Crippen LogP contribution is 2.12. The summed E-state index contributed by atoms with van der Waals surface area (Å²) in [6.45, 7) is 7.39. The summed E-state index contributed by atoms with van der Waals surface area (Å²) in [5.74, 6) is 1.76. The molecule has 0 heterocycles. The summed E-state index contributed by atoms with van der Waals surface area (Å²) in [5.41, 5.74) is 2.38. The van der Waals surface area contributed by atoms with Crippen molar-refractivity contribution >= 4 is 0 Å². The molecule has 130 valence electrons. The van der Waals surface area contributed by atoms with Crippen molar-refractivity contribution < 1.29 is 18.9 Å². The molecule has 0 unspecified atom stereocenters. The predicted octanol–water partition coefficient (Wildman–Crippen LogP) is 3.79. The summed E-state index contributed by atoms with van der Waals surface area (Å²) in [5, 5.41) is 0. The van der Waals surface area contributed by atoms with Crippen LogP contribution in [-0.4, -0.2) is 39.6 Å². The fraction of sp³-hybridized carbons (Fsp3) is 0.400. The van der Waals surface area contributed by atoms with Crippen LogP contribution in [0.4, 0.5) is 0 Å². The molecule has 0 fully saturated rings. The van der Waals surface area contributed by atoms with E-state index in [0.717, 1.165) is 11.5 Å². The van der Waals surface area contributed by atoms with E-state index in [1.807, 2.05) is 62.4 Å². The van der Waals surface area contributed by atoms with Crippen LogP contribution < -0.4 is 9.47 Å². The monoisotopic (exact) mass is 330 g/mol. The molecular formula is C20H26O4. The molecule has 0 amide bonds. The van der Waals surface area contributed by atoms with Crippen molar-refractivity contribution in [1.29, 1.82) is 0 Å². The van der Waals surface area contributed by atoms with E-state index < -0.39 is 0 Å². The topological polar surface area (TPSA) is 36.9 Å². The average molecular weight is 330 g/mol. The first-order valence-corrected chi connectivity index (χ1v) is 8.28. The third-order valence-electron chi connectivity index (χ3n) is 3.34.